The van der Waals surface area contributed by atoms with Gasteiger partial charge in [-0.15, -0.1) is 0 Å². The Morgan fingerprint density at radius 2 is 2.33 bits per heavy atom. The van der Waals surface area contributed by atoms with Crippen LogP contribution in [-0.4, -0.2) is 43.0 Å². The van der Waals surface area contributed by atoms with Gasteiger partial charge >= 0.3 is 0 Å². The molecule has 114 valence electrons. The third kappa shape index (κ3) is 3.41. The van der Waals surface area contributed by atoms with Gasteiger partial charge in [0, 0.05) is 24.8 Å². The molecule has 2 heterocycles. The average molecular weight is 291 g/mol. The zero-order chi connectivity index (χ0) is 14.8. The first kappa shape index (κ1) is 14.5. The van der Waals surface area contributed by atoms with Crippen molar-refractivity contribution in [2.75, 3.05) is 31.5 Å². The Morgan fingerprint density at radius 3 is 3.10 bits per heavy atom. The monoisotopic (exact) mass is 291 g/mol. The second kappa shape index (κ2) is 6.12. The Morgan fingerprint density at radius 1 is 1.48 bits per heavy atom. The summed E-state index contributed by atoms with van der Waals surface area (Å²) < 4.78 is 13.5. The molecule has 5 heteroatoms. The zero-order valence-electron chi connectivity index (χ0n) is 12.4. The van der Waals surface area contributed by atoms with Crippen LogP contribution in [0.4, 0.5) is 10.1 Å². The number of carbonyl (C=O) groups is 1. The van der Waals surface area contributed by atoms with Crippen molar-refractivity contribution in [1.82, 2.24) is 10.2 Å². The molecule has 0 aliphatic carbocycles. The lowest BCUT2D eigenvalue weighted by molar-refractivity contribution is -0.117. The van der Waals surface area contributed by atoms with E-state index in [1.54, 1.807) is 19.1 Å². The van der Waals surface area contributed by atoms with Crippen LogP contribution in [0.15, 0.2) is 18.2 Å². The van der Waals surface area contributed by atoms with Crippen LogP contribution in [0.1, 0.15) is 18.4 Å². The van der Waals surface area contributed by atoms with Crippen molar-refractivity contribution >= 4 is 11.6 Å². The number of hydrogen-bond acceptors (Lipinski definition) is 3. The van der Waals surface area contributed by atoms with Crippen molar-refractivity contribution in [3.63, 3.8) is 0 Å². The molecule has 1 amide bonds. The van der Waals surface area contributed by atoms with E-state index in [1.807, 2.05) is 0 Å². The molecule has 2 saturated heterocycles. The van der Waals surface area contributed by atoms with E-state index in [0.717, 1.165) is 19.6 Å². The molecule has 0 aromatic heterocycles. The van der Waals surface area contributed by atoms with Gasteiger partial charge in [-0.3, -0.25) is 9.69 Å². The van der Waals surface area contributed by atoms with Crippen LogP contribution in [-0.2, 0) is 4.79 Å². The largest absolute Gasteiger partial charge is 0.325 e. The number of piperidine rings is 1. The summed E-state index contributed by atoms with van der Waals surface area (Å²) in [7, 11) is 0. The zero-order valence-corrected chi connectivity index (χ0v) is 12.4. The van der Waals surface area contributed by atoms with Gasteiger partial charge in [0.2, 0.25) is 5.91 Å². The predicted molar refractivity (Wildman–Crippen MR) is 80.7 cm³/mol. The molecule has 2 fully saturated rings. The van der Waals surface area contributed by atoms with Crippen LogP contribution >= 0.6 is 0 Å². The number of likely N-dealkylation sites (tertiary alicyclic amines) is 1. The molecule has 4 nitrogen and oxygen atoms in total. The van der Waals surface area contributed by atoms with Gasteiger partial charge in [0.05, 0.1) is 6.54 Å². The lowest BCUT2D eigenvalue weighted by Crippen LogP contribution is -2.41. The van der Waals surface area contributed by atoms with E-state index in [0.29, 0.717) is 29.8 Å². The fraction of sp³-hybridized carbons (Fsp3) is 0.562. The molecule has 1 aromatic rings. The van der Waals surface area contributed by atoms with E-state index in [2.05, 4.69) is 15.5 Å². The molecule has 0 saturated carbocycles. The lowest BCUT2D eigenvalue weighted by Gasteiger charge is -2.24. The average Bonchev–Trinajstić information content (AvgIpc) is 2.84. The van der Waals surface area contributed by atoms with Crippen LogP contribution in [0.5, 0.6) is 0 Å². The van der Waals surface area contributed by atoms with E-state index >= 15 is 0 Å². The SMILES string of the molecule is Cc1ccc(NC(=O)CN2CC3CCCNC3C2)cc1F. The summed E-state index contributed by atoms with van der Waals surface area (Å²) in [5.41, 5.74) is 1.11. The smallest absolute Gasteiger partial charge is 0.238 e. The van der Waals surface area contributed by atoms with Gasteiger partial charge in [-0.1, -0.05) is 6.07 Å². The molecule has 3 rings (SSSR count). The number of nitrogens with one attached hydrogen (secondary N) is 2. The number of fused-ring (bicyclic) bond motifs is 1. The highest BCUT2D eigenvalue weighted by atomic mass is 19.1. The molecule has 2 aliphatic heterocycles. The topological polar surface area (TPSA) is 44.4 Å². The number of aryl methyl sites for hydroxylation is 1. The molecule has 2 unspecified atom stereocenters. The lowest BCUT2D eigenvalue weighted by atomic mass is 9.94. The summed E-state index contributed by atoms with van der Waals surface area (Å²) in [5.74, 6) is 0.310. The van der Waals surface area contributed by atoms with Crippen molar-refractivity contribution in [3.05, 3.63) is 29.6 Å². The van der Waals surface area contributed by atoms with Crippen LogP contribution in [0.25, 0.3) is 0 Å². The third-order valence-corrected chi connectivity index (χ3v) is 4.50. The third-order valence-electron chi connectivity index (χ3n) is 4.50. The Hall–Kier alpha value is -1.46. The van der Waals surface area contributed by atoms with Crippen molar-refractivity contribution < 1.29 is 9.18 Å². The van der Waals surface area contributed by atoms with E-state index in [4.69, 9.17) is 0 Å². The fourth-order valence-corrected chi connectivity index (χ4v) is 3.34. The Bertz CT molecular complexity index is 520. The fourth-order valence-electron chi connectivity index (χ4n) is 3.34. The van der Waals surface area contributed by atoms with E-state index in [9.17, 15) is 9.18 Å². The summed E-state index contributed by atoms with van der Waals surface area (Å²) in [6.07, 6.45) is 2.48. The first-order valence-corrected chi connectivity index (χ1v) is 7.63. The van der Waals surface area contributed by atoms with Crippen molar-refractivity contribution in [2.45, 2.75) is 25.8 Å². The number of amides is 1. The van der Waals surface area contributed by atoms with Crippen LogP contribution in [0.3, 0.4) is 0 Å². The van der Waals surface area contributed by atoms with Gasteiger partial charge in [0.15, 0.2) is 0 Å². The molecule has 0 bridgehead atoms. The Kier molecular flexibility index (Phi) is 4.22. The van der Waals surface area contributed by atoms with Gasteiger partial charge in [0.1, 0.15) is 5.82 Å². The minimum atomic E-state index is -0.288. The van der Waals surface area contributed by atoms with Gasteiger partial charge < -0.3 is 10.6 Å². The first-order chi connectivity index (χ1) is 10.1. The molecule has 2 aliphatic rings. The van der Waals surface area contributed by atoms with E-state index < -0.39 is 0 Å². The van der Waals surface area contributed by atoms with Crippen LogP contribution < -0.4 is 10.6 Å². The Balaban J connectivity index is 1.53. The molecule has 21 heavy (non-hydrogen) atoms. The maximum absolute atomic E-state index is 13.5. The van der Waals surface area contributed by atoms with Crippen LogP contribution in [0, 0.1) is 18.7 Å². The van der Waals surface area contributed by atoms with Crippen LogP contribution in [0.2, 0.25) is 0 Å². The highest BCUT2D eigenvalue weighted by Crippen LogP contribution is 2.24. The van der Waals surface area contributed by atoms with Gasteiger partial charge in [-0.25, -0.2) is 4.39 Å². The molecule has 2 atom stereocenters. The van der Waals surface area contributed by atoms with Crippen molar-refractivity contribution in [3.8, 4) is 0 Å². The normalized spacial score (nSPS) is 25.6. The number of carbonyl (C=O) groups excluding carboxylic acids is 1. The van der Waals surface area contributed by atoms with Crippen molar-refractivity contribution in [2.24, 2.45) is 5.92 Å². The maximum atomic E-state index is 13.5. The number of halogens is 1. The summed E-state index contributed by atoms with van der Waals surface area (Å²) in [4.78, 5) is 14.3. The summed E-state index contributed by atoms with van der Waals surface area (Å²) in [6.45, 7) is 5.08. The highest BCUT2D eigenvalue weighted by Gasteiger charge is 2.34. The predicted octanol–water partition coefficient (Wildman–Crippen LogP) is 1.76. The summed E-state index contributed by atoms with van der Waals surface area (Å²) >= 11 is 0. The van der Waals surface area contributed by atoms with Gasteiger partial charge in [-0.05, 0) is 49.9 Å². The quantitative estimate of drug-likeness (QED) is 0.892. The minimum Gasteiger partial charge on any atom is -0.325 e. The summed E-state index contributed by atoms with van der Waals surface area (Å²) in [5, 5.41) is 6.30. The number of anilines is 1. The molecule has 0 spiro atoms. The molecule has 1 aromatic carbocycles. The second-order valence-electron chi connectivity index (χ2n) is 6.17. The molecular formula is C16H22FN3O. The maximum Gasteiger partial charge on any atom is 0.238 e. The number of nitrogens with zero attached hydrogens (tertiary/aromatic N) is 1. The number of hydrogen-bond donors (Lipinski definition) is 2. The first-order valence-electron chi connectivity index (χ1n) is 7.63. The standard InChI is InChI=1S/C16H22FN3O/c1-11-4-5-13(7-14(11)17)19-16(21)10-20-8-12-3-2-6-18-15(12)9-20/h4-5,7,12,15,18H,2-3,6,8-10H2,1H3,(H,19,21). The van der Waals surface area contributed by atoms with Gasteiger partial charge in [0.25, 0.3) is 0 Å². The van der Waals surface area contributed by atoms with E-state index in [-0.39, 0.29) is 11.7 Å². The second-order valence-corrected chi connectivity index (χ2v) is 6.17. The molecule has 0 radical (unpaired) electrons. The molecule has 2 N–H and O–H groups in total. The molecular weight excluding hydrogens is 269 g/mol. The number of rotatable bonds is 3. The van der Waals surface area contributed by atoms with Gasteiger partial charge in [-0.2, -0.15) is 0 Å². The summed E-state index contributed by atoms with van der Waals surface area (Å²) in [6, 6.07) is 5.32. The minimum absolute atomic E-state index is 0.0723. The van der Waals surface area contributed by atoms with Crippen molar-refractivity contribution in [1.29, 1.82) is 0 Å². The highest BCUT2D eigenvalue weighted by molar-refractivity contribution is 5.92. The Labute approximate surface area is 124 Å². The van der Waals surface area contributed by atoms with E-state index in [1.165, 1.54) is 18.9 Å². The number of benzene rings is 1.